The molecule has 0 aromatic carbocycles. The molecule has 2 rings (SSSR count). The largest absolute Gasteiger partial charge is 0.341 e. The minimum absolute atomic E-state index is 0.0122. The van der Waals surface area contributed by atoms with Crippen molar-refractivity contribution >= 4 is 6.03 Å². The van der Waals surface area contributed by atoms with E-state index in [1.807, 2.05) is 0 Å². The van der Waals surface area contributed by atoms with E-state index in [0.29, 0.717) is 0 Å². The van der Waals surface area contributed by atoms with E-state index in [2.05, 4.69) is 17.6 Å². The molecule has 3 nitrogen and oxygen atoms in total. The standard InChI is InChI=1S/C13H24N2O/c1-3-13(15-12(16)14-2)8-10-5-4-6-11(7-10)9-13/h10-11H,3-9H2,1-2H3,(H2,14,15,16). The van der Waals surface area contributed by atoms with Gasteiger partial charge in [0, 0.05) is 12.6 Å². The molecule has 3 heteroatoms. The summed E-state index contributed by atoms with van der Waals surface area (Å²) in [5, 5.41) is 5.90. The van der Waals surface area contributed by atoms with Crippen molar-refractivity contribution in [3.05, 3.63) is 0 Å². The summed E-state index contributed by atoms with van der Waals surface area (Å²) >= 11 is 0. The van der Waals surface area contributed by atoms with Crippen LogP contribution in [-0.4, -0.2) is 18.6 Å². The Balaban J connectivity index is 2.05. The fourth-order valence-corrected chi connectivity index (χ4v) is 3.74. The smallest absolute Gasteiger partial charge is 0.314 e. The van der Waals surface area contributed by atoms with Gasteiger partial charge in [0.1, 0.15) is 0 Å². The van der Waals surface area contributed by atoms with Crippen LogP contribution in [0.4, 0.5) is 4.79 Å². The Morgan fingerprint density at radius 3 is 2.44 bits per heavy atom. The Kier molecular flexibility index (Phi) is 3.41. The number of carbonyl (C=O) groups excluding carboxylic acids is 1. The van der Waals surface area contributed by atoms with Crippen molar-refractivity contribution in [2.75, 3.05) is 7.05 Å². The lowest BCUT2D eigenvalue weighted by atomic mass is 9.64. The van der Waals surface area contributed by atoms with Crippen molar-refractivity contribution in [3.63, 3.8) is 0 Å². The van der Waals surface area contributed by atoms with E-state index in [1.54, 1.807) is 7.05 Å². The maximum atomic E-state index is 11.5. The predicted molar refractivity (Wildman–Crippen MR) is 65.3 cm³/mol. The molecule has 2 amide bonds. The fraction of sp³-hybridized carbons (Fsp3) is 0.923. The quantitative estimate of drug-likeness (QED) is 0.744. The van der Waals surface area contributed by atoms with Gasteiger partial charge in [-0.1, -0.05) is 26.2 Å². The fourth-order valence-electron chi connectivity index (χ4n) is 3.74. The molecule has 0 radical (unpaired) electrons. The lowest BCUT2D eigenvalue weighted by Crippen LogP contribution is -2.55. The van der Waals surface area contributed by atoms with Gasteiger partial charge in [0.2, 0.25) is 0 Å². The van der Waals surface area contributed by atoms with Crippen molar-refractivity contribution in [3.8, 4) is 0 Å². The second-order valence-electron chi connectivity index (χ2n) is 5.64. The Hall–Kier alpha value is -0.730. The Morgan fingerprint density at radius 2 is 1.94 bits per heavy atom. The van der Waals surface area contributed by atoms with Crippen LogP contribution in [0.2, 0.25) is 0 Å². The zero-order valence-electron chi connectivity index (χ0n) is 10.5. The van der Waals surface area contributed by atoms with Gasteiger partial charge in [0.05, 0.1) is 0 Å². The van der Waals surface area contributed by atoms with Crippen LogP contribution in [-0.2, 0) is 0 Å². The van der Waals surface area contributed by atoms with Crippen LogP contribution in [0.15, 0.2) is 0 Å². The highest BCUT2D eigenvalue weighted by Crippen LogP contribution is 2.45. The predicted octanol–water partition coefficient (Wildman–Crippen LogP) is 2.66. The van der Waals surface area contributed by atoms with E-state index in [-0.39, 0.29) is 11.6 Å². The number of rotatable bonds is 2. The Morgan fingerprint density at radius 1 is 1.31 bits per heavy atom. The van der Waals surface area contributed by atoms with Gasteiger partial charge < -0.3 is 10.6 Å². The average Bonchev–Trinajstić information content (AvgIpc) is 2.28. The summed E-state index contributed by atoms with van der Waals surface area (Å²) in [5.74, 6) is 1.70. The Labute approximate surface area is 98.4 Å². The molecule has 2 bridgehead atoms. The van der Waals surface area contributed by atoms with Crippen LogP contribution in [0.25, 0.3) is 0 Å². The zero-order chi connectivity index (χ0) is 11.6. The normalized spacial score (nSPS) is 37.9. The third-order valence-corrected chi connectivity index (χ3v) is 4.53. The number of hydrogen-bond acceptors (Lipinski definition) is 1. The van der Waals surface area contributed by atoms with Gasteiger partial charge in [-0.05, 0) is 37.5 Å². The van der Waals surface area contributed by atoms with Crippen LogP contribution < -0.4 is 10.6 Å². The Bertz CT molecular complexity index is 253. The van der Waals surface area contributed by atoms with E-state index >= 15 is 0 Å². The topological polar surface area (TPSA) is 41.1 Å². The molecule has 16 heavy (non-hydrogen) atoms. The molecular weight excluding hydrogens is 200 g/mol. The number of fused-ring (bicyclic) bond motifs is 2. The number of hydrogen-bond donors (Lipinski definition) is 2. The van der Waals surface area contributed by atoms with Crippen LogP contribution in [0.1, 0.15) is 51.9 Å². The molecule has 0 aliphatic heterocycles. The molecule has 2 N–H and O–H groups in total. The first-order chi connectivity index (χ1) is 7.67. The highest BCUT2D eigenvalue weighted by molar-refractivity contribution is 5.74. The molecule has 0 aromatic rings. The van der Waals surface area contributed by atoms with Gasteiger partial charge in [-0.25, -0.2) is 4.79 Å². The molecule has 0 heterocycles. The molecule has 2 unspecified atom stereocenters. The van der Waals surface area contributed by atoms with Crippen molar-refractivity contribution in [2.45, 2.75) is 57.4 Å². The number of nitrogens with one attached hydrogen (secondary N) is 2. The molecule has 2 aliphatic rings. The number of carbonyl (C=O) groups is 1. The third-order valence-electron chi connectivity index (χ3n) is 4.53. The molecular formula is C13H24N2O. The van der Waals surface area contributed by atoms with E-state index in [0.717, 1.165) is 18.3 Å². The van der Waals surface area contributed by atoms with Crippen LogP contribution in [0.5, 0.6) is 0 Å². The highest BCUT2D eigenvalue weighted by Gasteiger charge is 2.41. The zero-order valence-corrected chi connectivity index (χ0v) is 10.5. The molecule has 92 valence electrons. The lowest BCUT2D eigenvalue weighted by Gasteiger charge is -2.47. The number of urea groups is 1. The average molecular weight is 224 g/mol. The molecule has 2 fully saturated rings. The van der Waals surface area contributed by atoms with E-state index in [9.17, 15) is 4.79 Å². The van der Waals surface area contributed by atoms with Crippen LogP contribution in [0.3, 0.4) is 0 Å². The summed E-state index contributed by atoms with van der Waals surface area (Å²) in [6, 6.07) is -0.0122. The number of amides is 2. The molecule has 0 spiro atoms. The van der Waals surface area contributed by atoms with Gasteiger partial charge in [-0.3, -0.25) is 0 Å². The van der Waals surface area contributed by atoms with Gasteiger partial charge in [0.15, 0.2) is 0 Å². The van der Waals surface area contributed by atoms with Gasteiger partial charge in [-0.2, -0.15) is 0 Å². The molecule has 2 aliphatic carbocycles. The molecule has 2 saturated carbocycles. The summed E-state index contributed by atoms with van der Waals surface area (Å²) in [7, 11) is 1.70. The SMILES string of the molecule is CCC1(NC(=O)NC)CC2CCCC(C2)C1. The molecule has 0 saturated heterocycles. The van der Waals surface area contributed by atoms with E-state index < -0.39 is 0 Å². The maximum Gasteiger partial charge on any atom is 0.314 e. The first kappa shape index (κ1) is 11.7. The monoisotopic (exact) mass is 224 g/mol. The van der Waals surface area contributed by atoms with Crippen molar-refractivity contribution in [1.82, 2.24) is 10.6 Å². The summed E-state index contributed by atoms with van der Waals surface area (Å²) in [6.07, 6.45) is 8.97. The van der Waals surface area contributed by atoms with Crippen molar-refractivity contribution in [2.24, 2.45) is 11.8 Å². The minimum atomic E-state index is -0.0122. The van der Waals surface area contributed by atoms with E-state index in [1.165, 1.54) is 38.5 Å². The summed E-state index contributed by atoms with van der Waals surface area (Å²) in [4.78, 5) is 11.5. The molecule has 2 atom stereocenters. The summed E-state index contributed by atoms with van der Waals surface area (Å²) in [5.41, 5.74) is 0.0775. The third kappa shape index (κ3) is 2.33. The first-order valence-corrected chi connectivity index (χ1v) is 6.67. The lowest BCUT2D eigenvalue weighted by molar-refractivity contribution is 0.0905. The van der Waals surface area contributed by atoms with Crippen LogP contribution >= 0.6 is 0 Å². The first-order valence-electron chi connectivity index (χ1n) is 6.67. The minimum Gasteiger partial charge on any atom is -0.341 e. The van der Waals surface area contributed by atoms with Gasteiger partial charge >= 0.3 is 6.03 Å². The van der Waals surface area contributed by atoms with Gasteiger partial charge in [-0.15, -0.1) is 0 Å². The van der Waals surface area contributed by atoms with Gasteiger partial charge in [0.25, 0.3) is 0 Å². The second-order valence-corrected chi connectivity index (χ2v) is 5.64. The van der Waals surface area contributed by atoms with Crippen molar-refractivity contribution < 1.29 is 4.79 Å². The van der Waals surface area contributed by atoms with E-state index in [4.69, 9.17) is 0 Å². The second kappa shape index (κ2) is 4.64. The summed E-state index contributed by atoms with van der Waals surface area (Å²) in [6.45, 7) is 2.21. The highest BCUT2D eigenvalue weighted by atomic mass is 16.2. The molecule has 0 aromatic heterocycles. The summed E-state index contributed by atoms with van der Waals surface area (Å²) < 4.78 is 0. The maximum absolute atomic E-state index is 11.5. The van der Waals surface area contributed by atoms with Crippen molar-refractivity contribution in [1.29, 1.82) is 0 Å². The van der Waals surface area contributed by atoms with Crippen LogP contribution in [0, 0.1) is 11.8 Å².